The molecule has 34 heavy (non-hydrogen) atoms. The minimum atomic E-state index is -0.713. The summed E-state index contributed by atoms with van der Waals surface area (Å²) in [6, 6.07) is 8.05. The molecule has 1 aromatic carbocycles. The number of rotatable bonds is 8. The molecule has 1 fully saturated rings. The summed E-state index contributed by atoms with van der Waals surface area (Å²) in [5, 5.41) is 12.1. The van der Waals surface area contributed by atoms with Crippen molar-refractivity contribution in [3.63, 3.8) is 0 Å². The smallest absolute Gasteiger partial charge is 0.303 e. The number of nitrogens with one attached hydrogen (secondary N) is 1. The Bertz CT molecular complexity index is 1020. The summed E-state index contributed by atoms with van der Waals surface area (Å²) in [4.78, 5) is 34.6. The van der Waals surface area contributed by atoms with Crippen LogP contribution in [0.4, 0.5) is 17.5 Å². The molecule has 0 saturated heterocycles. The van der Waals surface area contributed by atoms with E-state index in [1.807, 2.05) is 12.1 Å². The summed E-state index contributed by atoms with van der Waals surface area (Å²) < 4.78 is 5.78. The van der Waals surface area contributed by atoms with Gasteiger partial charge < -0.3 is 25.8 Å². The van der Waals surface area contributed by atoms with Crippen molar-refractivity contribution in [1.82, 2.24) is 9.97 Å². The van der Waals surface area contributed by atoms with E-state index in [2.05, 4.69) is 34.3 Å². The summed E-state index contributed by atoms with van der Waals surface area (Å²) in [6.07, 6.45) is 6.14. The number of fused-ring (bicyclic) bond motifs is 1. The van der Waals surface area contributed by atoms with E-state index in [1.54, 1.807) is 4.90 Å². The molecule has 2 aromatic rings. The van der Waals surface area contributed by atoms with Crippen molar-refractivity contribution in [2.24, 2.45) is 5.92 Å². The molecule has 0 bridgehead atoms. The van der Waals surface area contributed by atoms with E-state index in [0.717, 1.165) is 50.8 Å². The number of hydrogen-bond acceptors (Lipinski definition) is 7. The Morgan fingerprint density at radius 1 is 1.21 bits per heavy atom. The van der Waals surface area contributed by atoms with Gasteiger partial charge in [0.25, 0.3) is 5.91 Å². The van der Waals surface area contributed by atoms with Gasteiger partial charge in [-0.05, 0) is 61.6 Å². The molecule has 1 aliphatic heterocycles. The number of unbranched alkanes of at least 4 members (excludes halogenated alkanes) is 1. The molecule has 0 radical (unpaired) electrons. The molecule has 9 heteroatoms. The predicted octanol–water partition coefficient (Wildman–Crippen LogP) is 4.06. The number of benzene rings is 1. The molecule has 1 aliphatic carbocycles. The SMILES string of the molecule is CCCCNc1nc(N)c2c(n1)OCCN(c1ccc(C3CCC(CC(=O)O)CC3)cc1)C2=O. The largest absolute Gasteiger partial charge is 0.481 e. The van der Waals surface area contributed by atoms with Crippen LogP contribution in [0.3, 0.4) is 0 Å². The second-order valence-electron chi connectivity index (χ2n) is 9.11. The molecule has 4 N–H and O–H groups in total. The fourth-order valence-corrected chi connectivity index (χ4v) is 4.81. The lowest BCUT2D eigenvalue weighted by Gasteiger charge is -2.28. The van der Waals surface area contributed by atoms with Crippen LogP contribution in [0.2, 0.25) is 0 Å². The molecular formula is C25H33N5O4. The fraction of sp³-hybridized carbons (Fsp3) is 0.520. The average molecular weight is 468 g/mol. The van der Waals surface area contributed by atoms with E-state index in [-0.39, 0.29) is 35.5 Å². The van der Waals surface area contributed by atoms with Crippen molar-refractivity contribution in [3.8, 4) is 5.88 Å². The summed E-state index contributed by atoms with van der Waals surface area (Å²) in [5.74, 6) is 0.406. The maximum Gasteiger partial charge on any atom is 0.303 e. The molecule has 0 unspecified atom stereocenters. The monoisotopic (exact) mass is 467 g/mol. The van der Waals surface area contributed by atoms with E-state index >= 15 is 0 Å². The molecular weight excluding hydrogens is 434 g/mol. The molecule has 2 heterocycles. The minimum absolute atomic E-state index is 0.107. The molecule has 1 aromatic heterocycles. The number of aliphatic carboxylic acids is 1. The molecule has 1 saturated carbocycles. The number of carbonyl (C=O) groups excluding carboxylic acids is 1. The number of anilines is 3. The normalized spacial score (nSPS) is 20.3. The van der Waals surface area contributed by atoms with E-state index < -0.39 is 5.97 Å². The zero-order valence-electron chi connectivity index (χ0n) is 19.6. The number of nitrogens with zero attached hydrogens (tertiary/aromatic N) is 3. The number of carbonyl (C=O) groups is 2. The van der Waals surface area contributed by atoms with Gasteiger partial charge in [0.1, 0.15) is 18.0 Å². The first kappa shape index (κ1) is 23.8. The van der Waals surface area contributed by atoms with Gasteiger partial charge >= 0.3 is 5.97 Å². The molecule has 9 nitrogen and oxygen atoms in total. The van der Waals surface area contributed by atoms with Crippen molar-refractivity contribution in [3.05, 3.63) is 35.4 Å². The van der Waals surface area contributed by atoms with Crippen molar-refractivity contribution in [2.75, 3.05) is 35.6 Å². The number of carboxylic acids is 1. The number of aromatic nitrogens is 2. The zero-order chi connectivity index (χ0) is 24.1. The highest BCUT2D eigenvalue weighted by molar-refractivity contribution is 6.10. The third-order valence-corrected chi connectivity index (χ3v) is 6.72. The number of nitrogens with two attached hydrogens (primary N) is 1. The standard InChI is InChI=1S/C25H33N5O4/c1-2-3-12-27-25-28-22(26)21-23(29-25)34-14-13-30(24(21)33)19-10-8-18(9-11-19)17-6-4-16(5-7-17)15-20(31)32/h8-11,16-17H,2-7,12-15H2,1H3,(H,31,32)(H3,26,27,28,29). The Morgan fingerprint density at radius 3 is 2.62 bits per heavy atom. The highest BCUT2D eigenvalue weighted by Crippen LogP contribution is 2.38. The third-order valence-electron chi connectivity index (χ3n) is 6.72. The van der Waals surface area contributed by atoms with Crippen LogP contribution in [0.25, 0.3) is 0 Å². The van der Waals surface area contributed by atoms with Gasteiger partial charge in [-0.2, -0.15) is 9.97 Å². The lowest BCUT2D eigenvalue weighted by Crippen LogP contribution is -2.32. The van der Waals surface area contributed by atoms with Crippen LogP contribution in [-0.4, -0.2) is 46.6 Å². The maximum atomic E-state index is 13.4. The third kappa shape index (κ3) is 5.40. The van der Waals surface area contributed by atoms with Crippen molar-refractivity contribution < 1.29 is 19.4 Å². The molecule has 4 rings (SSSR count). The molecule has 182 valence electrons. The maximum absolute atomic E-state index is 13.4. The first-order valence-electron chi connectivity index (χ1n) is 12.1. The van der Waals surface area contributed by atoms with Crippen LogP contribution in [0.5, 0.6) is 5.88 Å². The highest BCUT2D eigenvalue weighted by atomic mass is 16.5. The highest BCUT2D eigenvalue weighted by Gasteiger charge is 2.30. The van der Waals surface area contributed by atoms with Gasteiger partial charge in [-0.25, -0.2) is 0 Å². The molecule has 0 atom stereocenters. The van der Waals surface area contributed by atoms with Crippen molar-refractivity contribution >= 4 is 29.3 Å². The van der Waals surface area contributed by atoms with Gasteiger partial charge in [-0.3, -0.25) is 9.59 Å². The number of hydrogen-bond donors (Lipinski definition) is 3. The van der Waals surface area contributed by atoms with Crippen molar-refractivity contribution in [2.45, 2.75) is 57.8 Å². The summed E-state index contributed by atoms with van der Waals surface area (Å²) >= 11 is 0. The number of carboxylic acid groups (broad SMARTS) is 1. The topological polar surface area (TPSA) is 131 Å². The molecule has 0 spiro atoms. The second-order valence-corrected chi connectivity index (χ2v) is 9.11. The van der Waals surface area contributed by atoms with Gasteiger partial charge in [0.05, 0.1) is 6.54 Å². The van der Waals surface area contributed by atoms with E-state index in [1.165, 1.54) is 5.56 Å². The Hall–Kier alpha value is -3.36. The summed E-state index contributed by atoms with van der Waals surface area (Å²) in [7, 11) is 0. The van der Waals surface area contributed by atoms with Crippen LogP contribution in [0.1, 0.15) is 73.7 Å². The Kier molecular flexibility index (Phi) is 7.49. The van der Waals surface area contributed by atoms with Gasteiger partial charge in [0.15, 0.2) is 0 Å². The van der Waals surface area contributed by atoms with Crippen LogP contribution >= 0.6 is 0 Å². The van der Waals surface area contributed by atoms with E-state index in [9.17, 15) is 9.59 Å². The Labute approximate surface area is 199 Å². The van der Waals surface area contributed by atoms with E-state index in [4.69, 9.17) is 15.6 Å². The average Bonchev–Trinajstić information content (AvgIpc) is 2.98. The number of ether oxygens (including phenoxy) is 1. The van der Waals surface area contributed by atoms with Crippen LogP contribution in [-0.2, 0) is 4.79 Å². The molecule has 1 amide bonds. The number of nitrogen functional groups attached to an aromatic ring is 1. The van der Waals surface area contributed by atoms with E-state index in [0.29, 0.717) is 25.0 Å². The number of amides is 1. The lowest BCUT2D eigenvalue weighted by atomic mass is 9.77. The van der Waals surface area contributed by atoms with Crippen molar-refractivity contribution in [1.29, 1.82) is 0 Å². The quantitative estimate of drug-likeness (QED) is 0.496. The second kappa shape index (κ2) is 10.7. The summed E-state index contributed by atoms with van der Waals surface area (Å²) in [6.45, 7) is 3.51. The zero-order valence-corrected chi connectivity index (χ0v) is 19.6. The van der Waals surface area contributed by atoms with Gasteiger partial charge in [0.2, 0.25) is 11.8 Å². The Balaban J connectivity index is 1.46. The first-order chi connectivity index (χ1) is 16.5. The predicted molar refractivity (Wildman–Crippen MR) is 130 cm³/mol. The van der Waals surface area contributed by atoms with Gasteiger partial charge in [-0.1, -0.05) is 25.5 Å². The van der Waals surface area contributed by atoms with Gasteiger partial charge in [-0.15, -0.1) is 0 Å². The summed E-state index contributed by atoms with van der Waals surface area (Å²) in [5.41, 5.74) is 8.34. The minimum Gasteiger partial charge on any atom is -0.481 e. The van der Waals surface area contributed by atoms with Crippen LogP contribution in [0.15, 0.2) is 24.3 Å². The first-order valence-corrected chi connectivity index (χ1v) is 12.1. The van der Waals surface area contributed by atoms with Crippen LogP contribution < -0.4 is 20.7 Å². The van der Waals surface area contributed by atoms with Gasteiger partial charge in [0, 0.05) is 18.7 Å². The van der Waals surface area contributed by atoms with Crippen LogP contribution in [0, 0.1) is 5.92 Å². The molecule has 2 aliphatic rings. The lowest BCUT2D eigenvalue weighted by molar-refractivity contribution is -0.138. The Morgan fingerprint density at radius 2 is 1.94 bits per heavy atom. The fourth-order valence-electron chi connectivity index (χ4n) is 4.81.